The Hall–Kier alpha value is -1.17. The SMILES string of the molecule is O=[N+]([O-])c1cnc(SC2CCCC2)nc1. The Labute approximate surface area is 91.5 Å². The molecule has 2 rings (SSSR count). The first-order chi connectivity index (χ1) is 7.25. The van der Waals surface area contributed by atoms with E-state index in [0.717, 1.165) is 0 Å². The molecule has 0 amide bonds. The van der Waals surface area contributed by atoms with Gasteiger partial charge < -0.3 is 0 Å². The summed E-state index contributed by atoms with van der Waals surface area (Å²) in [4.78, 5) is 17.8. The third-order valence-electron chi connectivity index (χ3n) is 2.40. The number of nitro groups is 1. The van der Waals surface area contributed by atoms with E-state index < -0.39 is 4.92 Å². The van der Waals surface area contributed by atoms with E-state index in [1.807, 2.05) is 0 Å². The summed E-state index contributed by atoms with van der Waals surface area (Å²) in [5, 5.41) is 11.6. The highest BCUT2D eigenvalue weighted by atomic mass is 32.2. The normalized spacial score (nSPS) is 16.8. The quantitative estimate of drug-likeness (QED) is 0.449. The molecule has 5 nitrogen and oxygen atoms in total. The predicted molar refractivity (Wildman–Crippen MR) is 56.8 cm³/mol. The third kappa shape index (κ3) is 2.65. The monoisotopic (exact) mass is 225 g/mol. The number of hydrogen-bond donors (Lipinski definition) is 0. The van der Waals surface area contributed by atoms with Crippen molar-refractivity contribution in [3.8, 4) is 0 Å². The van der Waals surface area contributed by atoms with Crippen LogP contribution in [0.2, 0.25) is 0 Å². The second-order valence-corrected chi connectivity index (χ2v) is 4.77. The summed E-state index contributed by atoms with van der Waals surface area (Å²) >= 11 is 1.63. The molecule has 15 heavy (non-hydrogen) atoms. The van der Waals surface area contributed by atoms with Crippen LogP contribution < -0.4 is 0 Å². The molecule has 1 heterocycles. The molecule has 0 radical (unpaired) electrons. The van der Waals surface area contributed by atoms with Crippen LogP contribution >= 0.6 is 11.8 Å². The van der Waals surface area contributed by atoms with E-state index in [0.29, 0.717) is 10.4 Å². The summed E-state index contributed by atoms with van der Waals surface area (Å²) in [6.45, 7) is 0. The maximum absolute atomic E-state index is 10.4. The Morgan fingerprint density at radius 2 is 1.93 bits per heavy atom. The van der Waals surface area contributed by atoms with Crippen molar-refractivity contribution < 1.29 is 4.92 Å². The van der Waals surface area contributed by atoms with Gasteiger partial charge in [0.1, 0.15) is 12.4 Å². The molecule has 1 aliphatic carbocycles. The van der Waals surface area contributed by atoms with Crippen molar-refractivity contribution in [1.29, 1.82) is 0 Å². The van der Waals surface area contributed by atoms with Crippen LogP contribution in [0.3, 0.4) is 0 Å². The molecule has 0 spiro atoms. The van der Waals surface area contributed by atoms with Gasteiger partial charge in [0.15, 0.2) is 5.16 Å². The van der Waals surface area contributed by atoms with Gasteiger partial charge in [-0.15, -0.1) is 0 Å². The van der Waals surface area contributed by atoms with Gasteiger partial charge in [0, 0.05) is 5.25 Å². The van der Waals surface area contributed by atoms with Crippen molar-refractivity contribution in [3.05, 3.63) is 22.5 Å². The van der Waals surface area contributed by atoms with Crippen LogP contribution in [0.25, 0.3) is 0 Å². The molecule has 0 aliphatic heterocycles. The second-order valence-electron chi connectivity index (χ2n) is 3.51. The molecule has 0 aromatic carbocycles. The first-order valence-electron chi connectivity index (χ1n) is 4.89. The summed E-state index contributed by atoms with van der Waals surface area (Å²) in [6.07, 6.45) is 7.47. The summed E-state index contributed by atoms with van der Waals surface area (Å²) in [5.41, 5.74) is -0.0502. The number of rotatable bonds is 3. The Morgan fingerprint density at radius 1 is 1.33 bits per heavy atom. The molecule has 0 bridgehead atoms. The molecule has 0 unspecified atom stereocenters. The van der Waals surface area contributed by atoms with E-state index >= 15 is 0 Å². The van der Waals surface area contributed by atoms with Crippen molar-refractivity contribution in [2.45, 2.75) is 36.1 Å². The van der Waals surface area contributed by atoms with Crippen LogP contribution in [0.1, 0.15) is 25.7 Å². The summed E-state index contributed by atoms with van der Waals surface area (Å²) in [6, 6.07) is 0. The first-order valence-corrected chi connectivity index (χ1v) is 5.77. The van der Waals surface area contributed by atoms with Crippen molar-refractivity contribution >= 4 is 17.4 Å². The highest BCUT2D eigenvalue weighted by Crippen LogP contribution is 2.32. The molecule has 0 N–H and O–H groups in total. The first kappa shape index (κ1) is 10.4. The van der Waals surface area contributed by atoms with Crippen molar-refractivity contribution in [3.63, 3.8) is 0 Å². The van der Waals surface area contributed by atoms with E-state index in [4.69, 9.17) is 0 Å². The zero-order valence-corrected chi connectivity index (χ0v) is 8.94. The molecular weight excluding hydrogens is 214 g/mol. The molecule has 0 saturated heterocycles. The summed E-state index contributed by atoms with van der Waals surface area (Å²) in [5.74, 6) is 0. The highest BCUT2D eigenvalue weighted by Gasteiger charge is 2.17. The van der Waals surface area contributed by atoms with E-state index in [1.54, 1.807) is 11.8 Å². The van der Waals surface area contributed by atoms with Crippen molar-refractivity contribution in [2.75, 3.05) is 0 Å². The molecule has 1 aromatic heterocycles. The number of thioether (sulfide) groups is 1. The lowest BCUT2D eigenvalue weighted by Gasteiger charge is -2.05. The predicted octanol–water partition coefficient (Wildman–Crippen LogP) is 2.42. The average molecular weight is 225 g/mol. The van der Waals surface area contributed by atoms with Crippen LogP contribution in [0.5, 0.6) is 0 Å². The minimum Gasteiger partial charge on any atom is -0.258 e. The number of nitrogens with zero attached hydrogens (tertiary/aromatic N) is 3. The number of aromatic nitrogens is 2. The van der Waals surface area contributed by atoms with Gasteiger partial charge in [-0.2, -0.15) is 0 Å². The van der Waals surface area contributed by atoms with Crippen molar-refractivity contribution in [2.24, 2.45) is 0 Å². The standard InChI is InChI=1S/C9H11N3O2S/c13-12(14)7-5-10-9(11-6-7)15-8-3-1-2-4-8/h5-6,8H,1-4H2. The van der Waals surface area contributed by atoms with Gasteiger partial charge in [0.05, 0.1) is 4.92 Å². The molecular formula is C9H11N3O2S. The third-order valence-corrected chi connectivity index (χ3v) is 3.63. The lowest BCUT2D eigenvalue weighted by Crippen LogP contribution is -1.97. The average Bonchev–Trinajstić information content (AvgIpc) is 2.71. The minimum atomic E-state index is -0.482. The Morgan fingerprint density at radius 3 is 2.47 bits per heavy atom. The molecule has 1 fully saturated rings. The fourth-order valence-electron chi connectivity index (χ4n) is 1.62. The maximum atomic E-state index is 10.4. The van der Waals surface area contributed by atoms with Gasteiger partial charge in [-0.1, -0.05) is 24.6 Å². The zero-order chi connectivity index (χ0) is 10.7. The van der Waals surface area contributed by atoms with E-state index in [-0.39, 0.29) is 5.69 Å². The van der Waals surface area contributed by atoms with Gasteiger partial charge >= 0.3 is 5.69 Å². The zero-order valence-electron chi connectivity index (χ0n) is 8.13. The van der Waals surface area contributed by atoms with Gasteiger partial charge in [0.2, 0.25) is 0 Å². The maximum Gasteiger partial charge on any atom is 0.305 e. The lowest BCUT2D eigenvalue weighted by molar-refractivity contribution is -0.385. The van der Waals surface area contributed by atoms with Gasteiger partial charge in [-0.25, -0.2) is 9.97 Å². The van der Waals surface area contributed by atoms with Crippen LogP contribution in [0, 0.1) is 10.1 Å². The van der Waals surface area contributed by atoms with Crippen LogP contribution in [-0.4, -0.2) is 20.1 Å². The Bertz CT molecular complexity index is 349. The van der Waals surface area contributed by atoms with Crippen LogP contribution in [0.4, 0.5) is 5.69 Å². The molecule has 1 aromatic rings. The van der Waals surface area contributed by atoms with Crippen LogP contribution in [-0.2, 0) is 0 Å². The second kappa shape index (κ2) is 4.57. The van der Waals surface area contributed by atoms with Crippen LogP contribution in [0.15, 0.2) is 17.6 Å². The van der Waals surface area contributed by atoms with E-state index in [9.17, 15) is 10.1 Å². The number of hydrogen-bond acceptors (Lipinski definition) is 5. The molecule has 1 saturated carbocycles. The van der Waals surface area contributed by atoms with E-state index in [1.165, 1.54) is 38.1 Å². The fourth-order valence-corrected chi connectivity index (χ4v) is 2.71. The van der Waals surface area contributed by atoms with Crippen molar-refractivity contribution in [1.82, 2.24) is 9.97 Å². The van der Waals surface area contributed by atoms with Gasteiger partial charge in [0.25, 0.3) is 0 Å². The Kier molecular flexibility index (Phi) is 3.15. The minimum absolute atomic E-state index is 0.0502. The molecule has 0 atom stereocenters. The largest absolute Gasteiger partial charge is 0.305 e. The smallest absolute Gasteiger partial charge is 0.258 e. The Balaban J connectivity index is 2.00. The molecule has 80 valence electrons. The summed E-state index contributed by atoms with van der Waals surface area (Å²) < 4.78 is 0. The van der Waals surface area contributed by atoms with Gasteiger partial charge in [-0.05, 0) is 12.8 Å². The topological polar surface area (TPSA) is 68.9 Å². The molecule has 6 heteroatoms. The van der Waals surface area contributed by atoms with E-state index in [2.05, 4.69) is 9.97 Å². The van der Waals surface area contributed by atoms with Gasteiger partial charge in [-0.3, -0.25) is 10.1 Å². The fraction of sp³-hybridized carbons (Fsp3) is 0.556. The summed E-state index contributed by atoms with van der Waals surface area (Å²) in [7, 11) is 0. The highest BCUT2D eigenvalue weighted by molar-refractivity contribution is 7.99. The lowest BCUT2D eigenvalue weighted by atomic mass is 10.4. The molecule has 1 aliphatic rings.